The van der Waals surface area contributed by atoms with Crippen molar-refractivity contribution >= 4 is 45.9 Å². The van der Waals surface area contributed by atoms with E-state index in [1.807, 2.05) is 0 Å². The molecular formula is C11H14BrFIN3. The largest absolute Gasteiger partial charge is 0.370 e. The molecule has 6 heteroatoms. The first kappa shape index (κ1) is 16.4. The first-order chi connectivity index (χ1) is 7.63. The molecule has 0 saturated heterocycles. The van der Waals surface area contributed by atoms with E-state index in [1.165, 1.54) is 6.07 Å². The van der Waals surface area contributed by atoms with Gasteiger partial charge in [-0.2, -0.15) is 0 Å². The lowest BCUT2D eigenvalue weighted by atomic mass is 10.2. The summed E-state index contributed by atoms with van der Waals surface area (Å²) in [6.07, 6.45) is 1.67. The SMILES string of the molecule is C=CCNC(N)=NCc1cc(Br)ccc1F.I. The van der Waals surface area contributed by atoms with Crippen molar-refractivity contribution < 1.29 is 4.39 Å². The number of nitrogens with one attached hydrogen (secondary N) is 1. The number of hydrogen-bond acceptors (Lipinski definition) is 1. The van der Waals surface area contributed by atoms with Crippen LogP contribution in [0.25, 0.3) is 0 Å². The molecule has 0 aromatic heterocycles. The summed E-state index contributed by atoms with van der Waals surface area (Å²) in [6.45, 7) is 4.28. The van der Waals surface area contributed by atoms with Gasteiger partial charge in [-0.3, -0.25) is 0 Å². The maximum Gasteiger partial charge on any atom is 0.189 e. The molecule has 0 heterocycles. The van der Waals surface area contributed by atoms with Crippen LogP contribution < -0.4 is 11.1 Å². The van der Waals surface area contributed by atoms with Gasteiger partial charge in [0, 0.05) is 16.6 Å². The summed E-state index contributed by atoms with van der Waals surface area (Å²) in [5, 5.41) is 2.81. The Labute approximate surface area is 126 Å². The van der Waals surface area contributed by atoms with Crippen molar-refractivity contribution in [2.75, 3.05) is 6.54 Å². The summed E-state index contributed by atoms with van der Waals surface area (Å²) in [5.41, 5.74) is 6.05. The van der Waals surface area contributed by atoms with Crippen LogP contribution in [-0.4, -0.2) is 12.5 Å². The zero-order valence-electron chi connectivity index (χ0n) is 9.12. The van der Waals surface area contributed by atoms with E-state index < -0.39 is 0 Å². The highest BCUT2D eigenvalue weighted by Crippen LogP contribution is 2.16. The molecule has 1 rings (SSSR count). The Morgan fingerprint density at radius 3 is 2.94 bits per heavy atom. The third kappa shape index (κ3) is 6.02. The standard InChI is InChI=1S/C11H13BrFN3.HI/c1-2-5-15-11(14)16-7-8-6-9(12)3-4-10(8)13;/h2-4,6H,1,5,7H2,(H3,14,15,16);1H. The number of nitrogens with two attached hydrogens (primary N) is 1. The van der Waals surface area contributed by atoms with E-state index in [2.05, 4.69) is 32.8 Å². The van der Waals surface area contributed by atoms with Gasteiger partial charge in [0.1, 0.15) is 5.82 Å². The molecule has 17 heavy (non-hydrogen) atoms. The number of rotatable bonds is 4. The highest BCUT2D eigenvalue weighted by Gasteiger charge is 2.01. The Kier molecular flexibility index (Phi) is 8.15. The highest BCUT2D eigenvalue weighted by molar-refractivity contribution is 14.0. The smallest absolute Gasteiger partial charge is 0.189 e. The van der Waals surface area contributed by atoms with Crippen LogP contribution in [0.15, 0.2) is 40.3 Å². The molecule has 1 aromatic carbocycles. The number of guanidine groups is 1. The van der Waals surface area contributed by atoms with Crippen molar-refractivity contribution in [1.82, 2.24) is 5.32 Å². The average Bonchev–Trinajstić information content (AvgIpc) is 2.27. The lowest BCUT2D eigenvalue weighted by Gasteiger charge is -2.03. The van der Waals surface area contributed by atoms with E-state index in [0.29, 0.717) is 12.1 Å². The molecular weight excluding hydrogens is 400 g/mol. The Morgan fingerprint density at radius 2 is 2.29 bits per heavy atom. The first-order valence-electron chi connectivity index (χ1n) is 4.72. The van der Waals surface area contributed by atoms with Crippen LogP contribution in [0.3, 0.4) is 0 Å². The van der Waals surface area contributed by atoms with Crippen molar-refractivity contribution in [3.8, 4) is 0 Å². The zero-order valence-corrected chi connectivity index (χ0v) is 13.0. The fraction of sp³-hybridized carbons (Fsp3) is 0.182. The second-order valence-corrected chi connectivity index (χ2v) is 4.02. The average molecular weight is 414 g/mol. The van der Waals surface area contributed by atoms with Gasteiger partial charge < -0.3 is 11.1 Å². The van der Waals surface area contributed by atoms with E-state index in [-0.39, 0.29) is 42.3 Å². The topological polar surface area (TPSA) is 50.4 Å². The number of nitrogens with zero attached hydrogens (tertiary/aromatic N) is 1. The molecule has 0 unspecified atom stereocenters. The fourth-order valence-corrected chi connectivity index (χ4v) is 1.48. The number of hydrogen-bond donors (Lipinski definition) is 2. The highest BCUT2D eigenvalue weighted by atomic mass is 127. The minimum absolute atomic E-state index is 0. The maximum absolute atomic E-state index is 13.3. The van der Waals surface area contributed by atoms with Crippen LogP contribution in [0.5, 0.6) is 0 Å². The summed E-state index contributed by atoms with van der Waals surface area (Å²) in [5.74, 6) is -0.0113. The molecule has 0 saturated carbocycles. The molecule has 0 fully saturated rings. The lowest BCUT2D eigenvalue weighted by molar-refractivity contribution is 0.610. The third-order valence-electron chi connectivity index (χ3n) is 1.86. The van der Waals surface area contributed by atoms with Gasteiger partial charge in [0.2, 0.25) is 0 Å². The quantitative estimate of drug-likeness (QED) is 0.345. The van der Waals surface area contributed by atoms with E-state index in [0.717, 1.165) is 4.47 Å². The summed E-state index contributed by atoms with van der Waals surface area (Å²) in [6, 6.07) is 4.71. The summed E-state index contributed by atoms with van der Waals surface area (Å²) in [4.78, 5) is 4.01. The minimum atomic E-state index is -0.288. The number of halogens is 3. The van der Waals surface area contributed by atoms with Crippen molar-refractivity contribution in [2.24, 2.45) is 10.7 Å². The molecule has 0 aliphatic carbocycles. The van der Waals surface area contributed by atoms with Crippen LogP contribution in [0.2, 0.25) is 0 Å². The Hall–Kier alpha value is -0.630. The molecule has 3 N–H and O–H groups in total. The summed E-state index contributed by atoms with van der Waals surface area (Å²) in [7, 11) is 0. The maximum atomic E-state index is 13.3. The molecule has 94 valence electrons. The van der Waals surface area contributed by atoms with Crippen molar-refractivity contribution in [1.29, 1.82) is 0 Å². The van der Waals surface area contributed by atoms with Crippen molar-refractivity contribution in [2.45, 2.75) is 6.54 Å². The zero-order chi connectivity index (χ0) is 12.0. The molecule has 0 amide bonds. The van der Waals surface area contributed by atoms with Gasteiger partial charge in [-0.05, 0) is 18.2 Å². The second kappa shape index (κ2) is 8.46. The monoisotopic (exact) mass is 413 g/mol. The van der Waals surface area contributed by atoms with Crippen molar-refractivity contribution in [3.63, 3.8) is 0 Å². The number of aliphatic imine (C=N–C) groups is 1. The van der Waals surface area contributed by atoms with Gasteiger partial charge in [-0.25, -0.2) is 9.38 Å². The Balaban J connectivity index is 0.00000256. The first-order valence-corrected chi connectivity index (χ1v) is 5.51. The van der Waals surface area contributed by atoms with Gasteiger partial charge >= 0.3 is 0 Å². The predicted molar refractivity (Wildman–Crippen MR) is 83.0 cm³/mol. The summed E-state index contributed by atoms with van der Waals surface area (Å²) >= 11 is 3.27. The molecule has 0 aliphatic rings. The van der Waals surface area contributed by atoms with Crippen LogP contribution in [0.4, 0.5) is 4.39 Å². The molecule has 0 radical (unpaired) electrons. The van der Waals surface area contributed by atoms with Gasteiger partial charge in [0.25, 0.3) is 0 Å². The minimum Gasteiger partial charge on any atom is -0.370 e. The summed E-state index contributed by atoms with van der Waals surface area (Å²) < 4.78 is 14.1. The molecule has 0 bridgehead atoms. The third-order valence-corrected chi connectivity index (χ3v) is 2.35. The second-order valence-electron chi connectivity index (χ2n) is 3.11. The normalized spacial score (nSPS) is 10.6. The van der Waals surface area contributed by atoms with E-state index >= 15 is 0 Å². The van der Waals surface area contributed by atoms with Crippen LogP contribution in [0, 0.1) is 5.82 Å². The molecule has 0 aliphatic heterocycles. The van der Waals surface area contributed by atoms with E-state index in [9.17, 15) is 4.39 Å². The molecule has 0 spiro atoms. The Morgan fingerprint density at radius 1 is 1.59 bits per heavy atom. The van der Waals surface area contributed by atoms with Crippen molar-refractivity contribution in [3.05, 3.63) is 46.7 Å². The predicted octanol–water partition coefficient (Wildman–Crippen LogP) is 2.80. The fourth-order valence-electron chi connectivity index (χ4n) is 1.07. The molecule has 3 nitrogen and oxygen atoms in total. The lowest BCUT2D eigenvalue weighted by Crippen LogP contribution is -2.31. The van der Waals surface area contributed by atoms with Gasteiger partial charge in [0.05, 0.1) is 6.54 Å². The van der Waals surface area contributed by atoms with Gasteiger partial charge in [-0.1, -0.05) is 22.0 Å². The molecule has 1 aromatic rings. The van der Waals surface area contributed by atoms with Crippen LogP contribution in [0.1, 0.15) is 5.56 Å². The van der Waals surface area contributed by atoms with E-state index in [1.54, 1.807) is 18.2 Å². The van der Waals surface area contributed by atoms with Crippen LogP contribution in [-0.2, 0) is 6.54 Å². The Bertz CT molecular complexity index is 410. The number of benzene rings is 1. The van der Waals surface area contributed by atoms with E-state index in [4.69, 9.17) is 5.73 Å². The van der Waals surface area contributed by atoms with Crippen LogP contribution >= 0.6 is 39.9 Å². The van der Waals surface area contributed by atoms with Gasteiger partial charge in [0.15, 0.2) is 5.96 Å². The van der Waals surface area contributed by atoms with Gasteiger partial charge in [-0.15, -0.1) is 30.6 Å². The molecule has 0 atom stereocenters.